The number of aliphatic hydroxyl groups is 3. The van der Waals surface area contributed by atoms with Gasteiger partial charge in [-0.2, -0.15) is 0 Å². The Kier molecular flexibility index (Phi) is 14.1. The van der Waals surface area contributed by atoms with Crippen molar-refractivity contribution in [1.29, 1.82) is 0 Å². The van der Waals surface area contributed by atoms with Crippen LogP contribution >= 0.6 is 0 Å². The number of carbonyl (C=O) groups excluding carboxylic acids is 5. The maximum atomic E-state index is 13.2. The van der Waals surface area contributed by atoms with Gasteiger partial charge in [0.1, 0.15) is 36.0 Å². The van der Waals surface area contributed by atoms with Gasteiger partial charge < -0.3 is 58.3 Å². The molecule has 0 heterocycles. The summed E-state index contributed by atoms with van der Waals surface area (Å²) in [6.07, 6.45) is -2.43. The van der Waals surface area contributed by atoms with Gasteiger partial charge in [-0.25, -0.2) is 4.79 Å². The number of amides is 5. The van der Waals surface area contributed by atoms with Crippen LogP contribution in [0.5, 0.6) is 5.75 Å². The molecular formula is C24H36N6O11. The minimum atomic E-state index is -1.69. The normalized spacial score (nSPS) is 15.2. The zero-order valence-corrected chi connectivity index (χ0v) is 22.1. The van der Waals surface area contributed by atoms with E-state index in [2.05, 4.69) is 21.3 Å². The van der Waals surface area contributed by atoms with Crippen LogP contribution in [0, 0.1) is 0 Å². The van der Waals surface area contributed by atoms with Crippen molar-refractivity contribution in [3.05, 3.63) is 29.8 Å². The molecule has 0 bridgehead atoms. The van der Waals surface area contributed by atoms with Crippen LogP contribution in [0.3, 0.4) is 0 Å². The highest BCUT2D eigenvalue weighted by molar-refractivity contribution is 5.95. The third kappa shape index (κ3) is 11.8. The highest BCUT2D eigenvalue weighted by Crippen LogP contribution is 2.12. The minimum Gasteiger partial charge on any atom is -0.508 e. The van der Waals surface area contributed by atoms with Gasteiger partial charge in [0.15, 0.2) is 0 Å². The summed E-state index contributed by atoms with van der Waals surface area (Å²) in [7, 11) is 0. The molecule has 0 saturated carbocycles. The van der Waals surface area contributed by atoms with Crippen LogP contribution in [0.25, 0.3) is 0 Å². The standard InChI is InChI=1S/C24H36N6O11/c1-11(33)19(30-20(36)14(25)9-31)23(39)28-16(8-12-2-4-13(34)5-3-12)21(37)29-17(10-32)22(38)27-15(24(40)41)6-7-18(26)35/h2-5,11,14-17,19,31-34H,6-10,25H2,1H3,(H2,26,35)(H,27,38)(H,28,39)(H,29,37)(H,30,36)(H,40,41)/t11-,14+,15+,16+,17+,19+/m1/s1. The summed E-state index contributed by atoms with van der Waals surface area (Å²) < 4.78 is 0. The molecule has 1 aromatic carbocycles. The SMILES string of the molecule is C[C@@H](O)[C@H](NC(=O)[C@@H](N)CO)C(=O)N[C@@H](Cc1ccc(O)cc1)C(=O)N[C@@H](CO)C(=O)N[C@@H](CCC(N)=O)C(=O)O. The first-order valence-corrected chi connectivity index (χ1v) is 12.4. The van der Waals surface area contributed by atoms with Crippen molar-refractivity contribution in [2.24, 2.45) is 11.5 Å². The molecule has 1 aromatic rings. The van der Waals surface area contributed by atoms with E-state index >= 15 is 0 Å². The lowest BCUT2D eigenvalue weighted by molar-refractivity contribution is -0.143. The number of benzene rings is 1. The number of rotatable bonds is 17. The molecule has 0 aliphatic heterocycles. The van der Waals surface area contributed by atoms with Crippen LogP contribution in [0.15, 0.2) is 24.3 Å². The van der Waals surface area contributed by atoms with Gasteiger partial charge in [0, 0.05) is 12.8 Å². The molecule has 0 fully saturated rings. The van der Waals surface area contributed by atoms with Gasteiger partial charge in [-0.05, 0) is 31.0 Å². The zero-order chi connectivity index (χ0) is 31.3. The number of nitrogens with two attached hydrogens (primary N) is 2. The Morgan fingerprint density at radius 1 is 0.805 bits per heavy atom. The van der Waals surface area contributed by atoms with Crippen molar-refractivity contribution in [3.63, 3.8) is 0 Å². The second-order valence-electron chi connectivity index (χ2n) is 9.10. The van der Waals surface area contributed by atoms with Crippen LogP contribution in [0.2, 0.25) is 0 Å². The van der Waals surface area contributed by atoms with Gasteiger partial charge in [-0.3, -0.25) is 24.0 Å². The molecule has 17 nitrogen and oxygen atoms in total. The topological polar surface area (TPSA) is 304 Å². The van der Waals surface area contributed by atoms with Crippen molar-refractivity contribution in [2.45, 2.75) is 62.5 Å². The van der Waals surface area contributed by atoms with E-state index in [1.54, 1.807) is 0 Å². The van der Waals surface area contributed by atoms with Crippen molar-refractivity contribution in [3.8, 4) is 5.75 Å². The predicted molar refractivity (Wildman–Crippen MR) is 139 cm³/mol. The first kappa shape index (κ1) is 34.7. The highest BCUT2D eigenvalue weighted by atomic mass is 16.4. The largest absolute Gasteiger partial charge is 0.508 e. The molecule has 0 aliphatic carbocycles. The van der Waals surface area contributed by atoms with Crippen molar-refractivity contribution >= 4 is 35.5 Å². The van der Waals surface area contributed by atoms with E-state index in [-0.39, 0.29) is 25.0 Å². The van der Waals surface area contributed by atoms with Crippen LogP contribution < -0.4 is 32.7 Å². The molecular weight excluding hydrogens is 548 g/mol. The number of phenols is 1. The Hall–Kier alpha value is -4.32. The molecule has 13 N–H and O–H groups in total. The average molecular weight is 585 g/mol. The third-order valence-corrected chi connectivity index (χ3v) is 5.71. The first-order chi connectivity index (χ1) is 19.2. The van der Waals surface area contributed by atoms with Crippen molar-refractivity contribution in [2.75, 3.05) is 13.2 Å². The van der Waals surface area contributed by atoms with Crippen LogP contribution in [0.1, 0.15) is 25.3 Å². The minimum absolute atomic E-state index is 0.0859. The van der Waals surface area contributed by atoms with Crippen LogP contribution in [-0.4, -0.2) is 111 Å². The number of aliphatic hydroxyl groups excluding tert-OH is 3. The molecule has 0 unspecified atom stereocenters. The zero-order valence-electron chi connectivity index (χ0n) is 22.1. The number of nitrogens with one attached hydrogen (secondary N) is 4. The molecule has 0 radical (unpaired) electrons. The molecule has 0 aliphatic rings. The second-order valence-corrected chi connectivity index (χ2v) is 9.10. The molecule has 17 heteroatoms. The summed E-state index contributed by atoms with van der Waals surface area (Å²) in [5.41, 5.74) is 10.9. The Labute approximate surface area is 234 Å². The van der Waals surface area contributed by atoms with Gasteiger partial charge in [-0.15, -0.1) is 0 Å². The number of carboxylic acids is 1. The molecule has 0 spiro atoms. The van der Waals surface area contributed by atoms with Crippen LogP contribution in [-0.2, 0) is 35.2 Å². The molecule has 5 amide bonds. The fourth-order valence-electron chi connectivity index (χ4n) is 3.37. The van der Waals surface area contributed by atoms with E-state index in [4.69, 9.17) is 16.6 Å². The lowest BCUT2D eigenvalue weighted by Gasteiger charge is -2.27. The number of hydrogen-bond donors (Lipinski definition) is 11. The Morgan fingerprint density at radius 2 is 1.34 bits per heavy atom. The maximum Gasteiger partial charge on any atom is 0.326 e. The molecule has 0 aromatic heterocycles. The van der Waals surface area contributed by atoms with E-state index in [1.807, 2.05) is 0 Å². The molecule has 1 rings (SSSR count). The number of hydrogen-bond acceptors (Lipinski definition) is 11. The molecule has 228 valence electrons. The van der Waals surface area contributed by atoms with E-state index < -0.39 is 85.0 Å². The number of carbonyl (C=O) groups is 6. The van der Waals surface area contributed by atoms with Crippen molar-refractivity contribution < 1.29 is 54.3 Å². The van der Waals surface area contributed by atoms with E-state index in [1.165, 1.54) is 31.2 Å². The predicted octanol–water partition coefficient (Wildman–Crippen LogP) is -5.08. The van der Waals surface area contributed by atoms with E-state index in [0.717, 1.165) is 0 Å². The van der Waals surface area contributed by atoms with Gasteiger partial charge in [0.2, 0.25) is 29.5 Å². The summed E-state index contributed by atoms with van der Waals surface area (Å²) in [5, 5.41) is 56.4. The highest BCUT2D eigenvalue weighted by Gasteiger charge is 2.33. The van der Waals surface area contributed by atoms with Gasteiger partial charge in [-0.1, -0.05) is 12.1 Å². The van der Waals surface area contributed by atoms with Gasteiger partial charge in [0.05, 0.1) is 19.3 Å². The van der Waals surface area contributed by atoms with E-state index in [9.17, 15) is 49.2 Å². The summed E-state index contributed by atoms with van der Waals surface area (Å²) >= 11 is 0. The molecule has 6 atom stereocenters. The molecule has 41 heavy (non-hydrogen) atoms. The number of phenolic OH excluding ortho intramolecular Hbond substituents is 1. The maximum absolute atomic E-state index is 13.2. The summed E-state index contributed by atoms with van der Waals surface area (Å²) in [4.78, 5) is 73.3. The Morgan fingerprint density at radius 3 is 1.83 bits per heavy atom. The monoisotopic (exact) mass is 584 g/mol. The van der Waals surface area contributed by atoms with Gasteiger partial charge in [0.25, 0.3) is 0 Å². The van der Waals surface area contributed by atoms with Gasteiger partial charge >= 0.3 is 5.97 Å². The Bertz CT molecular complexity index is 1080. The smallest absolute Gasteiger partial charge is 0.326 e. The summed E-state index contributed by atoms with van der Waals surface area (Å²) in [6.45, 7) is -0.556. The first-order valence-electron chi connectivity index (χ1n) is 12.4. The lowest BCUT2D eigenvalue weighted by atomic mass is 10.0. The number of carboxylic acid groups (broad SMARTS) is 1. The number of aromatic hydroxyl groups is 1. The fourth-order valence-corrected chi connectivity index (χ4v) is 3.37. The summed E-state index contributed by atoms with van der Waals surface area (Å²) in [5.74, 6) is -6.53. The average Bonchev–Trinajstić information content (AvgIpc) is 2.91. The number of aliphatic carboxylic acids is 1. The quantitative estimate of drug-likeness (QED) is 0.0819. The fraction of sp³-hybridized carbons (Fsp3) is 0.500. The number of primary amides is 1. The van der Waals surface area contributed by atoms with Crippen molar-refractivity contribution in [1.82, 2.24) is 21.3 Å². The lowest BCUT2D eigenvalue weighted by Crippen LogP contribution is -2.61. The Balaban J connectivity index is 3.16. The second kappa shape index (κ2) is 16.7. The summed E-state index contributed by atoms with van der Waals surface area (Å²) in [6, 6.07) is -2.27. The third-order valence-electron chi connectivity index (χ3n) is 5.71. The van der Waals surface area contributed by atoms with Crippen LogP contribution in [0.4, 0.5) is 0 Å². The van der Waals surface area contributed by atoms with E-state index in [0.29, 0.717) is 5.56 Å². The molecule has 0 saturated heterocycles.